The molecule has 11 nitrogen and oxygen atoms in total. The predicted molar refractivity (Wildman–Crippen MR) is 116 cm³/mol. The number of hydrogen-bond donors (Lipinski definition) is 3. The largest absolute Gasteiger partial charge is 0.493 e. The predicted octanol–water partition coefficient (Wildman–Crippen LogP) is 3.43. The minimum atomic E-state index is -3.77. The second-order valence-corrected chi connectivity index (χ2v) is 8.80. The number of para-hydroxylation sites is 1. The van der Waals surface area contributed by atoms with Crippen LogP contribution >= 0.6 is 0 Å². The van der Waals surface area contributed by atoms with Gasteiger partial charge in [0.15, 0.2) is 11.4 Å². The molecule has 1 aromatic heterocycles. The number of nitrogens with one attached hydrogen (secondary N) is 2. The van der Waals surface area contributed by atoms with E-state index in [1.165, 1.54) is 36.4 Å². The molecular weight excluding hydrogens is 424 g/mol. The first-order valence-electron chi connectivity index (χ1n) is 9.33. The minimum absolute atomic E-state index is 0.00555. The van der Waals surface area contributed by atoms with Crippen molar-refractivity contribution >= 4 is 38.0 Å². The fraction of sp³-hybridized carbons (Fsp3) is 0.263. The number of aromatic nitrogens is 1. The van der Waals surface area contributed by atoms with E-state index in [1.54, 1.807) is 6.07 Å². The summed E-state index contributed by atoms with van der Waals surface area (Å²) >= 11 is 0. The van der Waals surface area contributed by atoms with Crippen LogP contribution in [0, 0.1) is 10.1 Å². The van der Waals surface area contributed by atoms with Crippen LogP contribution in [0.5, 0.6) is 5.88 Å². The normalized spacial score (nSPS) is 12.2. The van der Waals surface area contributed by atoms with Crippen LogP contribution in [-0.2, 0) is 10.0 Å². The molecule has 0 fully saturated rings. The van der Waals surface area contributed by atoms with E-state index in [9.17, 15) is 23.6 Å². The number of aromatic amines is 1. The molecule has 0 saturated heterocycles. The maximum atomic E-state index is 12.6. The molecular formula is C19H22N6O5S. The Morgan fingerprint density at radius 1 is 1.19 bits per heavy atom. The first-order chi connectivity index (χ1) is 14.7. The van der Waals surface area contributed by atoms with E-state index in [2.05, 4.69) is 19.9 Å². The average Bonchev–Trinajstić information content (AvgIpc) is 3.04. The van der Waals surface area contributed by atoms with Gasteiger partial charge in [0.2, 0.25) is 15.9 Å². The molecule has 2 aromatic carbocycles. The van der Waals surface area contributed by atoms with Crippen LogP contribution in [0.2, 0.25) is 0 Å². The number of nitrogens with zero attached hydrogens (tertiary/aromatic N) is 4. The highest BCUT2D eigenvalue weighted by Crippen LogP contribution is 2.38. The Labute approximate surface area is 178 Å². The number of sulfonamides is 1. The van der Waals surface area contributed by atoms with Crippen molar-refractivity contribution in [2.75, 3.05) is 27.2 Å². The monoisotopic (exact) mass is 446 g/mol. The van der Waals surface area contributed by atoms with Crippen LogP contribution in [0.3, 0.4) is 0 Å². The van der Waals surface area contributed by atoms with E-state index in [0.29, 0.717) is 17.3 Å². The summed E-state index contributed by atoms with van der Waals surface area (Å²) < 4.78 is 27.8. The van der Waals surface area contributed by atoms with Gasteiger partial charge in [0.1, 0.15) is 0 Å². The SMILES string of the molecule is CN(C)CCCNS(=O)(=O)c1ccc2[nH]c(O)c(N=Nc3ccccc3[N+](=O)[O-])c2c1. The van der Waals surface area contributed by atoms with E-state index in [1.807, 2.05) is 19.0 Å². The molecule has 0 atom stereocenters. The third kappa shape index (κ3) is 5.23. The lowest BCUT2D eigenvalue weighted by Crippen LogP contribution is -2.27. The summed E-state index contributed by atoms with van der Waals surface area (Å²) in [6.07, 6.45) is 0.648. The number of benzene rings is 2. The van der Waals surface area contributed by atoms with Crippen LogP contribution in [-0.4, -0.2) is 55.5 Å². The summed E-state index contributed by atoms with van der Waals surface area (Å²) in [4.78, 5) is 15.2. The Bertz CT molecular complexity index is 1240. The molecule has 3 N–H and O–H groups in total. The Morgan fingerprint density at radius 2 is 1.94 bits per heavy atom. The van der Waals surface area contributed by atoms with Gasteiger partial charge < -0.3 is 15.0 Å². The van der Waals surface area contributed by atoms with Crippen LogP contribution in [0.25, 0.3) is 10.9 Å². The first kappa shape index (κ1) is 22.3. The molecule has 0 aliphatic carbocycles. The number of aromatic hydroxyl groups is 1. The Kier molecular flexibility index (Phi) is 6.63. The summed E-state index contributed by atoms with van der Waals surface area (Å²) in [7, 11) is 0.0396. The fourth-order valence-electron chi connectivity index (χ4n) is 2.90. The molecule has 3 rings (SSSR count). The minimum Gasteiger partial charge on any atom is -0.493 e. The zero-order chi connectivity index (χ0) is 22.6. The summed E-state index contributed by atoms with van der Waals surface area (Å²) in [6, 6.07) is 10.1. The van der Waals surface area contributed by atoms with Crippen molar-refractivity contribution < 1.29 is 18.4 Å². The van der Waals surface area contributed by atoms with E-state index in [4.69, 9.17) is 0 Å². The van der Waals surface area contributed by atoms with Crippen LogP contribution < -0.4 is 4.72 Å². The van der Waals surface area contributed by atoms with Crippen molar-refractivity contribution in [2.24, 2.45) is 10.2 Å². The Balaban J connectivity index is 1.92. The molecule has 1 heterocycles. The lowest BCUT2D eigenvalue weighted by atomic mass is 10.2. The number of nitro benzene ring substituents is 1. The van der Waals surface area contributed by atoms with Crippen molar-refractivity contribution in [1.29, 1.82) is 0 Å². The highest BCUT2D eigenvalue weighted by molar-refractivity contribution is 7.89. The molecule has 3 aromatic rings. The van der Waals surface area contributed by atoms with Crippen LogP contribution in [0.4, 0.5) is 17.1 Å². The molecule has 0 unspecified atom stereocenters. The van der Waals surface area contributed by atoms with Gasteiger partial charge in [0.05, 0.1) is 15.3 Å². The smallest absolute Gasteiger partial charge is 0.296 e. The number of hydrogen-bond acceptors (Lipinski definition) is 8. The summed E-state index contributed by atoms with van der Waals surface area (Å²) in [6.45, 7) is 1.02. The number of nitro groups is 1. The van der Waals surface area contributed by atoms with Gasteiger partial charge in [-0.15, -0.1) is 10.2 Å². The van der Waals surface area contributed by atoms with E-state index in [0.717, 1.165) is 6.54 Å². The zero-order valence-corrected chi connectivity index (χ0v) is 17.8. The van der Waals surface area contributed by atoms with E-state index < -0.39 is 14.9 Å². The van der Waals surface area contributed by atoms with Crippen LogP contribution in [0.15, 0.2) is 57.6 Å². The summed E-state index contributed by atoms with van der Waals surface area (Å²) in [5.41, 5.74) is 0.196. The molecule has 0 aliphatic heterocycles. The van der Waals surface area contributed by atoms with Gasteiger partial charge in [-0.3, -0.25) is 10.1 Å². The quantitative estimate of drug-likeness (QED) is 0.198. The van der Waals surface area contributed by atoms with Gasteiger partial charge in [-0.25, -0.2) is 13.1 Å². The zero-order valence-electron chi connectivity index (χ0n) is 16.9. The molecule has 0 aliphatic rings. The molecule has 164 valence electrons. The van der Waals surface area contributed by atoms with Gasteiger partial charge in [-0.05, 0) is 51.3 Å². The fourth-order valence-corrected chi connectivity index (χ4v) is 4.00. The van der Waals surface area contributed by atoms with Crippen molar-refractivity contribution in [3.05, 3.63) is 52.6 Å². The molecule has 0 amide bonds. The van der Waals surface area contributed by atoms with E-state index >= 15 is 0 Å². The van der Waals surface area contributed by atoms with Gasteiger partial charge >= 0.3 is 0 Å². The lowest BCUT2D eigenvalue weighted by Gasteiger charge is -2.10. The Hall–Kier alpha value is -3.35. The van der Waals surface area contributed by atoms with Crippen molar-refractivity contribution in [1.82, 2.24) is 14.6 Å². The van der Waals surface area contributed by atoms with Gasteiger partial charge in [0, 0.05) is 18.0 Å². The molecule has 31 heavy (non-hydrogen) atoms. The standard InChI is InChI=1S/C19H22N6O5S/c1-24(2)11-5-10-20-31(29,30)13-8-9-15-14(12-13)18(19(26)21-15)23-22-16-6-3-4-7-17(16)25(27)28/h3-4,6-9,12,20-21,26H,5,10-11H2,1-2H3. The summed E-state index contributed by atoms with van der Waals surface area (Å²) in [5.74, 6) is -0.328. The molecule has 0 radical (unpaired) electrons. The molecule has 12 heteroatoms. The molecule has 0 bridgehead atoms. The van der Waals surface area contributed by atoms with Crippen molar-refractivity contribution in [3.8, 4) is 5.88 Å². The second kappa shape index (κ2) is 9.20. The maximum Gasteiger partial charge on any atom is 0.296 e. The van der Waals surface area contributed by atoms with Crippen LogP contribution in [0.1, 0.15) is 6.42 Å². The number of azo groups is 1. The first-order valence-corrected chi connectivity index (χ1v) is 10.8. The maximum absolute atomic E-state index is 12.6. The third-order valence-corrected chi connectivity index (χ3v) is 5.90. The van der Waals surface area contributed by atoms with E-state index in [-0.39, 0.29) is 34.4 Å². The highest BCUT2D eigenvalue weighted by atomic mass is 32.2. The average molecular weight is 446 g/mol. The van der Waals surface area contributed by atoms with Crippen molar-refractivity contribution in [2.45, 2.75) is 11.3 Å². The second-order valence-electron chi connectivity index (χ2n) is 7.03. The van der Waals surface area contributed by atoms with Gasteiger partial charge in [-0.2, -0.15) is 0 Å². The Morgan fingerprint density at radius 3 is 2.65 bits per heavy atom. The topological polar surface area (TPSA) is 153 Å². The van der Waals surface area contributed by atoms with Gasteiger partial charge in [-0.1, -0.05) is 12.1 Å². The summed E-state index contributed by atoms with van der Waals surface area (Å²) in [5, 5.41) is 29.5. The van der Waals surface area contributed by atoms with Crippen molar-refractivity contribution in [3.63, 3.8) is 0 Å². The molecule has 0 spiro atoms. The number of rotatable bonds is 9. The van der Waals surface area contributed by atoms with Gasteiger partial charge in [0.25, 0.3) is 5.69 Å². The third-order valence-electron chi connectivity index (χ3n) is 4.44. The molecule has 0 saturated carbocycles. The number of fused-ring (bicyclic) bond motifs is 1. The lowest BCUT2D eigenvalue weighted by molar-refractivity contribution is -0.384. The highest BCUT2D eigenvalue weighted by Gasteiger charge is 2.18. The number of H-pyrrole nitrogens is 1.